The predicted octanol–water partition coefficient (Wildman–Crippen LogP) is 1.16. The van der Waals surface area contributed by atoms with Crippen LogP contribution >= 0.6 is 7.82 Å². The van der Waals surface area contributed by atoms with Gasteiger partial charge in [0.15, 0.2) is 5.78 Å². The van der Waals surface area contributed by atoms with E-state index in [0.29, 0.717) is 11.1 Å². The average Bonchev–Trinajstić information content (AvgIpc) is 2.62. The second-order valence-corrected chi connectivity index (χ2v) is 6.93. The Morgan fingerprint density at radius 2 is 1.41 bits per heavy atom. The smallest absolute Gasteiger partial charge is 0.736 e. The van der Waals surface area contributed by atoms with Crippen molar-refractivity contribution in [3.05, 3.63) is 95.6 Å². The largest absolute Gasteiger partial charge is 1.00 e. The molecule has 0 aliphatic rings. The van der Waals surface area contributed by atoms with Crippen LogP contribution in [-0.2, 0) is 4.57 Å². The van der Waals surface area contributed by atoms with E-state index in [0.717, 1.165) is 5.56 Å². The quantitative estimate of drug-likeness (QED) is 0.359. The fourth-order valence-corrected chi connectivity index (χ4v) is 3.11. The van der Waals surface area contributed by atoms with Crippen molar-refractivity contribution in [2.24, 2.45) is 0 Å². The van der Waals surface area contributed by atoms with Crippen molar-refractivity contribution in [2.75, 3.05) is 0 Å². The minimum absolute atomic E-state index is 0. The number of carbonyl (C=O) groups excluding carboxylic acids is 1. The van der Waals surface area contributed by atoms with Gasteiger partial charge in [-0.05, 0) is 31.2 Å². The maximum absolute atomic E-state index is 12.5. The summed E-state index contributed by atoms with van der Waals surface area (Å²) in [5.41, 5.74) is 1.88. The Balaban J connectivity index is 0.00000261. The number of rotatable bonds is 6. The molecule has 0 fully saturated rings. The molecular weight excluding hydrogens is 374 g/mol. The molecule has 1 atom stereocenters. The molecule has 0 spiro atoms. The van der Waals surface area contributed by atoms with Gasteiger partial charge in [0.05, 0.1) is 0 Å². The van der Waals surface area contributed by atoms with Crippen molar-refractivity contribution in [1.29, 1.82) is 0 Å². The van der Waals surface area contributed by atoms with E-state index in [4.69, 9.17) is 9.05 Å². The van der Waals surface area contributed by atoms with Crippen molar-refractivity contribution in [2.45, 2.75) is 6.92 Å². The van der Waals surface area contributed by atoms with Gasteiger partial charge in [-0.3, -0.25) is 4.79 Å². The van der Waals surface area contributed by atoms with Crippen LogP contribution in [0.2, 0.25) is 0 Å². The Labute approximate surface area is 179 Å². The van der Waals surface area contributed by atoms with Crippen molar-refractivity contribution in [3.8, 4) is 11.5 Å². The van der Waals surface area contributed by atoms with E-state index in [-0.39, 0.29) is 46.8 Å². The SMILES string of the molecule is Cc1ccc(C(=O)c2cccc(OP(=O)([O-])Oc3ccccc3)c2)cc1.[Na+]. The third-order valence-corrected chi connectivity index (χ3v) is 4.46. The molecule has 7 heteroatoms. The zero-order valence-corrected chi connectivity index (χ0v) is 17.9. The van der Waals surface area contributed by atoms with Crippen LogP contribution in [0.4, 0.5) is 0 Å². The van der Waals surface area contributed by atoms with Gasteiger partial charge >= 0.3 is 37.4 Å². The van der Waals surface area contributed by atoms with Crippen LogP contribution in [0.15, 0.2) is 78.9 Å². The van der Waals surface area contributed by atoms with E-state index in [1.165, 1.54) is 24.3 Å². The summed E-state index contributed by atoms with van der Waals surface area (Å²) < 4.78 is 21.9. The molecule has 0 radical (unpaired) electrons. The summed E-state index contributed by atoms with van der Waals surface area (Å²) in [4.78, 5) is 24.6. The Kier molecular flexibility index (Phi) is 7.42. The first kappa shape index (κ1) is 21.4. The first-order chi connectivity index (χ1) is 12.4. The summed E-state index contributed by atoms with van der Waals surface area (Å²) in [6.45, 7) is 1.93. The second-order valence-electron chi connectivity index (χ2n) is 5.67. The van der Waals surface area contributed by atoms with Crippen LogP contribution in [0.1, 0.15) is 21.5 Å². The Bertz CT molecular complexity index is 958. The minimum Gasteiger partial charge on any atom is -0.736 e. The molecule has 0 aliphatic carbocycles. The summed E-state index contributed by atoms with van der Waals surface area (Å²) in [5, 5.41) is 0. The van der Waals surface area contributed by atoms with Gasteiger partial charge in [-0.25, -0.2) is 4.57 Å². The number of aryl methyl sites for hydroxylation is 1. The summed E-state index contributed by atoms with van der Waals surface area (Å²) in [5.74, 6) is -0.0601. The molecule has 0 aromatic heterocycles. The van der Waals surface area contributed by atoms with E-state index >= 15 is 0 Å². The topological polar surface area (TPSA) is 75.7 Å². The molecule has 0 saturated carbocycles. The molecule has 0 aliphatic heterocycles. The van der Waals surface area contributed by atoms with Crippen molar-refractivity contribution < 1.29 is 52.9 Å². The van der Waals surface area contributed by atoms with Crippen LogP contribution in [-0.4, -0.2) is 5.78 Å². The Morgan fingerprint density at radius 1 is 0.815 bits per heavy atom. The van der Waals surface area contributed by atoms with Crippen LogP contribution in [0.25, 0.3) is 0 Å². The number of hydrogen-bond donors (Lipinski definition) is 0. The molecule has 132 valence electrons. The van der Waals surface area contributed by atoms with Crippen LogP contribution in [0, 0.1) is 6.92 Å². The maximum atomic E-state index is 12.5. The van der Waals surface area contributed by atoms with Crippen LogP contribution in [0.3, 0.4) is 0 Å². The van der Waals surface area contributed by atoms with Crippen molar-refractivity contribution >= 4 is 13.6 Å². The van der Waals surface area contributed by atoms with Gasteiger partial charge in [0.25, 0.3) is 0 Å². The Morgan fingerprint density at radius 3 is 2.07 bits per heavy atom. The third-order valence-electron chi connectivity index (χ3n) is 3.59. The fourth-order valence-electron chi connectivity index (χ4n) is 2.32. The minimum atomic E-state index is -4.63. The number of ketones is 1. The molecule has 3 aromatic rings. The van der Waals surface area contributed by atoms with Crippen LogP contribution < -0.4 is 43.5 Å². The van der Waals surface area contributed by atoms with E-state index in [2.05, 4.69) is 0 Å². The van der Waals surface area contributed by atoms with Gasteiger partial charge in [0, 0.05) is 11.1 Å². The molecule has 0 saturated heterocycles. The van der Waals surface area contributed by atoms with Crippen LogP contribution in [0.5, 0.6) is 11.5 Å². The monoisotopic (exact) mass is 390 g/mol. The van der Waals surface area contributed by atoms with Gasteiger partial charge in [-0.1, -0.05) is 60.2 Å². The Hall–Kier alpha value is -1.88. The first-order valence-electron chi connectivity index (χ1n) is 7.90. The molecule has 3 rings (SSSR count). The molecule has 0 heterocycles. The number of phosphoric ester groups is 1. The molecule has 27 heavy (non-hydrogen) atoms. The standard InChI is InChI=1S/C20H17O5P.Na/c1-15-10-12-16(13-11-15)20(21)17-6-5-9-19(14-17)25-26(22,23)24-18-7-3-2-4-8-18;/h2-14H,1H3,(H,22,23);/q;+1/p-1. The molecule has 3 aromatic carbocycles. The number of phosphoric acid groups is 1. The summed E-state index contributed by atoms with van der Waals surface area (Å²) in [6.07, 6.45) is 0. The second kappa shape index (κ2) is 9.36. The van der Waals surface area contributed by atoms with Crippen molar-refractivity contribution in [1.82, 2.24) is 0 Å². The summed E-state index contributed by atoms with van der Waals surface area (Å²) >= 11 is 0. The first-order valence-corrected chi connectivity index (χ1v) is 9.36. The van der Waals surface area contributed by atoms with Gasteiger partial charge in [-0.15, -0.1) is 0 Å². The predicted molar refractivity (Wildman–Crippen MR) is 96.4 cm³/mol. The molecule has 0 bridgehead atoms. The van der Waals surface area contributed by atoms with Crippen molar-refractivity contribution in [3.63, 3.8) is 0 Å². The van der Waals surface area contributed by atoms with E-state index in [9.17, 15) is 14.3 Å². The van der Waals surface area contributed by atoms with Gasteiger partial charge < -0.3 is 13.9 Å². The van der Waals surface area contributed by atoms with E-state index in [1.807, 2.05) is 19.1 Å². The maximum Gasteiger partial charge on any atom is 1.00 e. The third kappa shape index (κ3) is 6.06. The molecule has 1 unspecified atom stereocenters. The van der Waals surface area contributed by atoms with Gasteiger partial charge in [0.1, 0.15) is 11.5 Å². The molecular formula is C20H16NaO5P. The zero-order chi connectivity index (χ0) is 18.6. The van der Waals surface area contributed by atoms with Gasteiger partial charge in [-0.2, -0.15) is 0 Å². The zero-order valence-electron chi connectivity index (χ0n) is 15.0. The number of benzene rings is 3. The number of hydrogen-bond acceptors (Lipinski definition) is 5. The molecule has 0 N–H and O–H groups in total. The fraction of sp³-hybridized carbons (Fsp3) is 0.0500. The summed E-state index contributed by atoms with van der Waals surface area (Å²) in [7, 11) is -4.63. The van der Waals surface area contributed by atoms with E-state index < -0.39 is 7.82 Å². The molecule has 0 amide bonds. The number of para-hydroxylation sites is 1. The van der Waals surface area contributed by atoms with Gasteiger partial charge in [0.2, 0.25) is 0 Å². The van der Waals surface area contributed by atoms with E-state index in [1.54, 1.807) is 42.5 Å². The normalized spacial score (nSPS) is 12.4. The summed E-state index contributed by atoms with van der Waals surface area (Å²) in [6, 6.07) is 21.2. The average molecular weight is 390 g/mol. The molecule has 5 nitrogen and oxygen atoms in total. The number of carbonyl (C=O) groups is 1.